The van der Waals surface area contributed by atoms with Crippen LogP contribution in [0.15, 0.2) is 0 Å². The van der Waals surface area contributed by atoms with Gasteiger partial charge in [-0.15, -0.1) is 0 Å². The maximum Gasteiger partial charge on any atom is 0.408 e. The second kappa shape index (κ2) is 5.82. The number of hydrogen-bond donors (Lipinski definition) is 2. The summed E-state index contributed by atoms with van der Waals surface area (Å²) in [5.41, 5.74) is 5.04. The first kappa shape index (κ1) is 13.2. The van der Waals surface area contributed by atoms with E-state index < -0.39 is 17.9 Å². The van der Waals surface area contributed by atoms with Crippen molar-refractivity contribution in [3.8, 4) is 0 Å². The smallest absolute Gasteiger partial charge is 0.408 e. The molecule has 0 fully saturated rings. The van der Waals surface area contributed by atoms with Crippen LogP contribution in [0.3, 0.4) is 0 Å². The van der Waals surface area contributed by atoms with Crippen molar-refractivity contribution in [3.63, 3.8) is 0 Å². The molecule has 0 saturated heterocycles. The summed E-state index contributed by atoms with van der Waals surface area (Å²) in [6, 6.07) is 0. The number of nitrogens with two attached hydrogens (primary N) is 1. The highest BCUT2D eigenvalue weighted by molar-refractivity contribution is 5.67. The van der Waals surface area contributed by atoms with Crippen LogP contribution in [0.2, 0.25) is 0 Å². The molecular formula is C9H20N2O3. The van der Waals surface area contributed by atoms with Gasteiger partial charge in [-0.25, -0.2) is 4.79 Å². The standard InChI is InChI=1S/C9H20N2O3/c1-5-13-6-7(10)11-8(12)14-9(2,3)4/h7H,5-6,10H2,1-4H3,(H,11,12). The Morgan fingerprint density at radius 3 is 2.50 bits per heavy atom. The Kier molecular flexibility index (Phi) is 5.49. The van der Waals surface area contributed by atoms with Crippen molar-refractivity contribution in [1.29, 1.82) is 0 Å². The molecule has 0 aliphatic heterocycles. The molecule has 0 aromatic carbocycles. The van der Waals surface area contributed by atoms with Gasteiger partial charge >= 0.3 is 6.09 Å². The molecule has 1 amide bonds. The lowest BCUT2D eigenvalue weighted by Crippen LogP contribution is -2.46. The average Bonchev–Trinajstić information content (AvgIpc) is 1.96. The summed E-state index contributed by atoms with van der Waals surface area (Å²) in [4.78, 5) is 11.2. The Labute approximate surface area is 84.9 Å². The molecule has 0 spiro atoms. The van der Waals surface area contributed by atoms with E-state index in [1.165, 1.54) is 0 Å². The van der Waals surface area contributed by atoms with Gasteiger partial charge in [-0.2, -0.15) is 0 Å². The highest BCUT2D eigenvalue weighted by Crippen LogP contribution is 2.06. The number of hydrogen-bond acceptors (Lipinski definition) is 4. The SMILES string of the molecule is CCOCC(N)NC(=O)OC(C)(C)C. The van der Waals surface area contributed by atoms with Crippen molar-refractivity contribution in [1.82, 2.24) is 5.32 Å². The fourth-order valence-electron chi connectivity index (χ4n) is 0.745. The highest BCUT2D eigenvalue weighted by atomic mass is 16.6. The number of carbonyl (C=O) groups is 1. The summed E-state index contributed by atoms with van der Waals surface area (Å²) in [5.74, 6) is 0. The third-order valence-corrected chi connectivity index (χ3v) is 1.20. The first-order chi connectivity index (χ1) is 6.35. The fraction of sp³-hybridized carbons (Fsp3) is 0.889. The predicted molar refractivity (Wildman–Crippen MR) is 53.8 cm³/mol. The van der Waals surface area contributed by atoms with Crippen LogP contribution in [-0.2, 0) is 9.47 Å². The summed E-state index contributed by atoms with van der Waals surface area (Å²) >= 11 is 0. The molecule has 0 bridgehead atoms. The molecule has 0 saturated carbocycles. The van der Waals surface area contributed by atoms with Crippen LogP contribution in [0.1, 0.15) is 27.7 Å². The second-order valence-electron chi connectivity index (χ2n) is 3.91. The van der Waals surface area contributed by atoms with E-state index >= 15 is 0 Å². The lowest BCUT2D eigenvalue weighted by atomic mass is 10.2. The monoisotopic (exact) mass is 204 g/mol. The third-order valence-electron chi connectivity index (χ3n) is 1.20. The molecule has 0 aromatic rings. The molecule has 1 unspecified atom stereocenters. The Morgan fingerprint density at radius 2 is 2.07 bits per heavy atom. The lowest BCUT2D eigenvalue weighted by Gasteiger charge is -2.21. The molecule has 0 aromatic heterocycles. The van der Waals surface area contributed by atoms with Crippen molar-refractivity contribution < 1.29 is 14.3 Å². The minimum absolute atomic E-state index is 0.287. The van der Waals surface area contributed by atoms with Crippen molar-refractivity contribution in [2.45, 2.75) is 39.5 Å². The zero-order valence-electron chi connectivity index (χ0n) is 9.29. The summed E-state index contributed by atoms with van der Waals surface area (Å²) in [6.07, 6.45) is -1.05. The number of rotatable bonds is 4. The molecular weight excluding hydrogens is 184 g/mol. The normalized spacial score (nSPS) is 13.5. The van der Waals surface area contributed by atoms with Gasteiger partial charge in [0.05, 0.1) is 6.61 Å². The molecule has 5 heteroatoms. The van der Waals surface area contributed by atoms with E-state index in [2.05, 4.69) is 5.32 Å². The third kappa shape index (κ3) is 7.82. The van der Waals surface area contributed by atoms with Gasteiger partial charge in [0.15, 0.2) is 0 Å². The topological polar surface area (TPSA) is 73.6 Å². The van der Waals surface area contributed by atoms with Crippen LogP contribution in [0.25, 0.3) is 0 Å². The van der Waals surface area contributed by atoms with E-state index in [0.29, 0.717) is 6.61 Å². The fourth-order valence-corrected chi connectivity index (χ4v) is 0.745. The second-order valence-corrected chi connectivity index (χ2v) is 3.91. The lowest BCUT2D eigenvalue weighted by molar-refractivity contribution is 0.0453. The van der Waals surface area contributed by atoms with Gasteiger partial charge in [-0.1, -0.05) is 0 Å². The van der Waals surface area contributed by atoms with Gasteiger partial charge in [0, 0.05) is 6.61 Å². The van der Waals surface area contributed by atoms with Crippen molar-refractivity contribution in [2.75, 3.05) is 13.2 Å². The minimum Gasteiger partial charge on any atom is -0.444 e. The molecule has 14 heavy (non-hydrogen) atoms. The van der Waals surface area contributed by atoms with Gasteiger partial charge < -0.3 is 20.5 Å². The predicted octanol–water partition coefficient (Wildman–Crippen LogP) is 0.832. The average molecular weight is 204 g/mol. The van der Waals surface area contributed by atoms with Crippen LogP contribution in [0, 0.1) is 0 Å². The molecule has 3 N–H and O–H groups in total. The van der Waals surface area contributed by atoms with Gasteiger partial charge in [0.1, 0.15) is 11.8 Å². The van der Waals surface area contributed by atoms with Gasteiger partial charge in [-0.3, -0.25) is 0 Å². The minimum atomic E-state index is -0.523. The first-order valence-corrected chi connectivity index (χ1v) is 4.68. The Morgan fingerprint density at radius 1 is 1.50 bits per heavy atom. The maximum absolute atomic E-state index is 11.2. The number of amides is 1. The van der Waals surface area contributed by atoms with Crippen LogP contribution < -0.4 is 11.1 Å². The van der Waals surface area contributed by atoms with Crippen LogP contribution in [0.4, 0.5) is 4.79 Å². The van der Waals surface area contributed by atoms with Gasteiger partial charge in [-0.05, 0) is 27.7 Å². The summed E-state index contributed by atoms with van der Waals surface area (Å²) < 4.78 is 10.0. The quantitative estimate of drug-likeness (QED) is 0.665. The Bertz CT molecular complexity index is 177. The molecule has 84 valence electrons. The zero-order valence-corrected chi connectivity index (χ0v) is 9.29. The van der Waals surface area contributed by atoms with E-state index in [4.69, 9.17) is 15.2 Å². The van der Waals surface area contributed by atoms with Crippen molar-refractivity contribution >= 4 is 6.09 Å². The zero-order chi connectivity index (χ0) is 11.2. The van der Waals surface area contributed by atoms with E-state index in [1.807, 2.05) is 6.92 Å². The van der Waals surface area contributed by atoms with E-state index in [0.717, 1.165) is 0 Å². The van der Waals surface area contributed by atoms with Gasteiger partial charge in [0.25, 0.3) is 0 Å². The Balaban J connectivity index is 3.71. The Hall–Kier alpha value is -0.810. The van der Waals surface area contributed by atoms with Gasteiger partial charge in [0.2, 0.25) is 0 Å². The highest BCUT2D eigenvalue weighted by Gasteiger charge is 2.17. The molecule has 0 rings (SSSR count). The summed E-state index contributed by atoms with van der Waals surface area (Å²) in [7, 11) is 0. The molecule has 0 radical (unpaired) electrons. The number of alkyl carbamates (subject to hydrolysis) is 1. The largest absolute Gasteiger partial charge is 0.444 e. The summed E-state index contributed by atoms with van der Waals surface area (Å²) in [6.45, 7) is 8.10. The number of nitrogens with one attached hydrogen (secondary N) is 1. The van der Waals surface area contributed by atoms with E-state index in [-0.39, 0.29) is 6.61 Å². The molecule has 5 nitrogen and oxygen atoms in total. The molecule has 0 aliphatic carbocycles. The molecule has 0 aliphatic rings. The number of carbonyl (C=O) groups excluding carboxylic acids is 1. The summed E-state index contributed by atoms with van der Waals surface area (Å²) in [5, 5.41) is 2.46. The van der Waals surface area contributed by atoms with E-state index in [1.54, 1.807) is 20.8 Å². The molecule has 1 atom stereocenters. The van der Waals surface area contributed by atoms with E-state index in [9.17, 15) is 4.79 Å². The van der Waals surface area contributed by atoms with Crippen LogP contribution in [0.5, 0.6) is 0 Å². The molecule has 0 heterocycles. The van der Waals surface area contributed by atoms with Crippen molar-refractivity contribution in [3.05, 3.63) is 0 Å². The number of ether oxygens (including phenoxy) is 2. The first-order valence-electron chi connectivity index (χ1n) is 4.68. The van der Waals surface area contributed by atoms with Crippen LogP contribution in [-0.4, -0.2) is 31.1 Å². The maximum atomic E-state index is 11.2. The van der Waals surface area contributed by atoms with Crippen LogP contribution >= 0.6 is 0 Å². The van der Waals surface area contributed by atoms with Crippen molar-refractivity contribution in [2.24, 2.45) is 5.73 Å².